The van der Waals surface area contributed by atoms with Gasteiger partial charge < -0.3 is 20.1 Å². The lowest BCUT2D eigenvalue weighted by Crippen LogP contribution is -2.53. The maximum atomic E-state index is 13.2. The Kier molecular flexibility index (Phi) is 7.49. The molecule has 8 nitrogen and oxygen atoms in total. The minimum absolute atomic E-state index is 0.252. The molecule has 0 bridgehead atoms. The summed E-state index contributed by atoms with van der Waals surface area (Å²) < 4.78 is 11.4. The number of carbonyl (C=O) groups is 2. The maximum Gasteiger partial charge on any atom is 0.338 e. The van der Waals surface area contributed by atoms with Crippen LogP contribution in [0, 0.1) is 0 Å². The quantitative estimate of drug-likeness (QED) is 0.612. The van der Waals surface area contributed by atoms with Crippen LogP contribution in [0.1, 0.15) is 25.5 Å². The number of para-hydroxylation sites is 1. The summed E-state index contributed by atoms with van der Waals surface area (Å²) in [5.41, 5.74) is 1.87. The van der Waals surface area contributed by atoms with Gasteiger partial charge in [0.2, 0.25) is 0 Å². The van der Waals surface area contributed by atoms with E-state index in [1.807, 2.05) is 54.6 Å². The minimum atomic E-state index is -0.641. The number of nitrogens with one attached hydrogen (secondary N) is 2. The lowest BCUT2D eigenvalue weighted by Gasteiger charge is -2.38. The largest absolute Gasteiger partial charge is 0.463 e. The van der Waals surface area contributed by atoms with Crippen molar-refractivity contribution in [2.24, 2.45) is 0 Å². The number of urea groups is 1. The van der Waals surface area contributed by atoms with E-state index in [4.69, 9.17) is 9.47 Å². The third kappa shape index (κ3) is 5.40. The van der Waals surface area contributed by atoms with E-state index in [0.29, 0.717) is 35.4 Å². The highest BCUT2D eigenvalue weighted by Gasteiger charge is 2.37. The Morgan fingerprint density at radius 1 is 1.12 bits per heavy atom. The number of benzene rings is 2. The summed E-state index contributed by atoms with van der Waals surface area (Å²) in [6.07, 6.45) is 0. The van der Waals surface area contributed by atoms with Crippen molar-refractivity contribution in [3.05, 3.63) is 71.4 Å². The Labute approximate surface area is 200 Å². The molecular weight excluding hydrogens is 432 g/mol. The molecule has 2 atom stereocenters. The Hall–Kier alpha value is -3.36. The fraction of sp³-hybridized carbons (Fsp3) is 0.385. The summed E-state index contributed by atoms with van der Waals surface area (Å²) in [5, 5.41) is 6.41. The van der Waals surface area contributed by atoms with Gasteiger partial charge >= 0.3 is 12.0 Å². The number of nitrogens with zero attached hydrogens (tertiary/aromatic N) is 2. The second-order valence-electron chi connectivity index (χ2n) is 8.60. The van der Waals surface area contributed by atoms with Gasteiger partial charge in [-0.3, -0.25) is 9.80 Å². The minimum Gasteiger partial charge on any atom is -0.463 e. The molecule has 1 fully saturated rings. The topological polar surface area (TPSA) is 83.1 Å². The van der Waals surface area contributed by atoms with Crippen LogP contribution in [-0.2, 0) is 9.53 Å². The highest BCUT2D eigenvalue weighted by molar-refractivity contribution is 5.95. The summed E-state index contributed by atoms with van der Waals surface area (Å²) in [5.74, 6) is 0.909. The van der Waals surface area contributed by atoms with Crippen LogP contribution in [-0.4, -0.2) is 67.7 Å². The van der Waals surface area contributed by atoms with Gasteiger partial charge in [-0.25, -0.2) is 9.59 Å². The second-order valence-corrected chi connectivity index (χ2v) is 8.60. The van der Waals surface area contributed by atoms with Crippen molar-refractivity contribution in [2.45, 2.75) is 25.9 Å². The molecular formula is C26H32N4O4. The van der Waals surface area contributed by atoms with E-state index in [-0.39, 0.29) is 12.6 Å². The first-order valence-electron chi connectivity index (χ1n) is 11.7. The number of amides is 2. The van der Waals surface area contributed by atoms with Crippen molar-refractivity contribution in [1.82, 2.24) is 20.4 Å². The van der Waals surface area contributed by atoms with E-state index in [9.17, 15) is 9.59 Å². The standard InChI is InChI=1S/C26H32N4O4/c1-4-33-25(31)23-22(17-30-14-13-27-18(2)16-30)29(3)26(32)28-24(23)19-9-8-12-21(15-19)34-20-10-6-5-7-11-20/h5-12,15,18,24,27H,4,13-14,16-17H2,1-3H3,(H,28,32). The molecule has 0 saturated carbocycles. The van der Waals surface area contributed by atoms with Crippen molar-refractivity contribution in [3.8, 4) is 11.5 Å². The molecule has 2 amide bonds. The average Bonchev–Trinajstić information content (AvgIpc) is 2.83. The van der Waals surface area contributed by atoms with E-state index < -0.39 is 12.0 Å². The van der Waals surface area contributed by atoms with Gasteiger partial charge in [-0.2, -0.15) is 0 Å². The molecule has 180 valence electrons. The maximum absolute atomic E-state index is 13.2. The molecule has 2 unspecified atom stereocenters. The summed E-state index contributed by atoms with van der Waals surface area (Å²) in [6.45, 7) is 7.18. The number of ether oxygens (including phenoxy) is 2. The van der Waals surface area contributed by atoms with Gasteiger partial charge in [0.05, 0.1) is 18.2 Å². The molecule has 0 spiro atoms. The first kappa shape index (κ1) is 23.8. The van der Waals surface area contributed by atoms with Gasteiger partial charge in [-0.15, -0.1) is 0 Å². The normalized spacial score (nSPS) is 21.3. The molecule has 2 aliphatic rings. The van der Waals surface area contributed by atoms with E-state index >= 15 is 0 Å². The molecule has 8 heteroatoms. The monoisotopic (exact) mass is 464 g/mol. The van der Waals surface area contributed by atoms with Crippen LogP contribution in [0.5, 0.6) is 11.5 Å². The number of rotatable bonds is 7. The number of hydrogen-bond donors (Lipinski definition) is 2. The van der Waals surface area contributed by atoms with Crippen LogP contribution < -0.4 is 15.4 Å². The van der Waals surface area contributed by atoms with Crippen LogP contribution in [0.15, 0.2) is 65.9 Å². The summed E-state index contributed by atoms with van der Waals surface area (Å²) >= 11 is 0. The lowest BCUT2D eigenvalue weighted by atomic mass is 9.94. The molecule has 2 aromatic carbocycles. The van der Waals surface area contributed by atoms with Crippen molar-refractivity contribution in [2.75, 3.05) is 39.8 Å². The zero-order chi connectivity index (χ0) is 24.1. The third-order valence-electron chi connectivity index (χ3n) is 6.07. The van der Waals surface area contributed by atoms with Gasteiger partial charge in [0.1, 0.15) is 11.5 Å². The Morgan fingerprint density at radius 3 is 2.62 bits per heavy atom. The van der Waals surface area contributed by atoms with Gasteiger partial charge in [-0.05, 0) is 43.7 Å². The predicted molar refractivity (Wildman–Crippen MR) is 130 cm³/mol. The van der Waals surface area contributed by atoms with Crippen LogP contribution in [0.4, 0.5) is 4.79 Å². The molecule has 34 heavy (non-hydrogen) atoms. The zero-order valence-electron chi connectivity index (χ0n) is 19.9. The van der Waals surface area contributed by atoms with Crippen LogP contribution in [0.3, 0.4) is 0 Å². The Balaban J connectivity index is 1.71. The Bertz CT molecular complexity index is 1060. The highest BCUT2D eigenvalue weighted by Crippen LogP contribution is 2.34. The first-order chi connectivity index (χ1) is 16.5. The van der Waals surface area contributed by atoms with Gasteiger partial charge in [-0.1, -0.05) is 30.3 Å². The van der Waals surface area contributed by atoms with Gasteiger partial charge in [0, 0.05) is 45.0 Å². The van der Waals surface area contributed by atoms with Gasteiger partial charge in [0.25, 0.3) is 0 Å². The van der Waals surface area contributed by atoms with Crippen molar-refractivity contribution >= 4 is 12.0 Å². The van der Waals surface area contributed by atoms with Crippen molar-refractivity contribution < 1.29 is 19.1 Å². The molecule has 2 heterocycles. The summed E-state index contributed by atoms with van der Waals surface area (Å²) in [4.78, 5) is 30.0. The van der Waals surface area contributed by atoms with Crippen molar-refractivity contribution in [1.29, 1.82) is 0 Å². The summed E-state index contributed by atoms with van der Waals surface area (Å²) in [6, 6.07) is 16.4. The van der Waals surface area contributed by atoms with Gasteiger partial charge in [0.15, 0.2) is 0 Å². The van der Waals surface area contributed by atoms with Crippen LogP contribution >= 0.6 is 0 Å². The average molecular weight is 465 g/mol. The summed E-state index contributed by atoms with van der Waals surface area (Å²) in [7, 11) is 1.70. The van der Waals surface area contributed by atoms with E-state index in [1.165, 1.54) is 4.90 Å². The molecule has 0 aromatic heterocycles. The number of esters is 1. The number of carbonyl (C=O) groups excluding carboxylic acids is 2. The second kappa shape index (κ2) is 10.7. The van der Waals surface area contributed by atoms with Crippen LogP contribution in [0.25, 0.3) is 0 Å². The molecule has 2 aliphatic heterocycles. The smallest absolute Gasteiger partial charge is 0.338 e. The molecule has 0 radical (unpaired) electrons. The molecule has 4 rings (SSSR count). The fourth-order valence-electron chi connectivity index (χ4n) is 4.40. The van der Waals surface area contributed by atoms with E-state index in [0.717, 1.165) is 25.2 Å². The highest BCUT2D eigenvalue weighted by atomic mass is 16.5. The van der Waals surface area contributed by atoms with Crippen LogP contribution in [0.2, 0.25) is 0 Å². The molecule has 1 saturated heterocycles. The predicted octanol–water partition coefficient (Wildman–Crippen LogP) is 3.29. The first-order valence-corrected chi connectivity index (χ1v) is 11.7. The lowest BCUT2D eigenvalue weighted by molar-refractivity contribution is -0.139. The van der Waals surface area contributed by atoms with E-state index in [1.54, 1.807) is 14.0 Å². The van der Waals surface area contributed by atoms with E-state index in [2.05, 4.69) is 22.5 Å². The number of likely N-dealkylation sites (N-methyl/N-ethyl adjacent to an activating group) is 1. The molecule has 2 aromatic rings. The van der Waals surface area contributed by atoms with Crippen molar-refractivity contribution in [3.63, 3.8) is 0 Å². The number of piperazine rings is 1. The zero-order valence-corrected chi connectivity index (χ0v) is 19.9. The fourth-order valence-corrected chi connectivity index (χ4v) is 4.40. The molecule has 0 aliphatic carbocycles. The SMILES string of the molecule is CCOC(=O)C1=C(CN2CCNC(C)C2)N(C)C(=O)NC1c1cccc(Oc2ccccc2)c1. The number of hydrogen-bond acceptors (Lipinski definition) is 6. The Morgan fingerprint density at radius 2 is 1.88 bits per heavy atom. The molecule has 2 N–H and O–H groups in total. The third-order valence-corrected chi connectivity index (χ3v) is 6.07.